The van der Waals surface area contributed by atoms with Crippen molar-refractivity contribution in [3.05, 3.63) is 45.9 Å². The minimum atomic E-state index is -0.151. The van der Waals surface area contributed by atoms with Crippen molar-refractivity contribution in [2.75, 3.05) is 11.9 Å². The van der Waals surface area contributed by atoms with E-state index >= 15 is 0 Å². The minimum Gasteiger partial charge on any atom is -0.320 e. The molecule has 0 spiro atoms. The van der Waals surface area contributed by atoms with Gasteiger partial charge in [0.25, 0.3) is 5.91 Å². The molecule has 0 aliphatic rings. The summed E-state index contributed by atoms with van der Waals surface area (Å²) in [6.45, 7) is 7.84. The van der Waals surface area contributed by atoms with Crippen molar-refractivity contribution in [1.82, 2.24) is 10.3 Å². The third-order valence-corrected chi connectivity index (χ3v) is 4.22. The second-order valence-corrected chi connectivity index (χ2v) is 6.01. The molecule has 0 atom stereocenters. The second kappa shape index (κ2) is 10.6. The summed E-state index contributed by atoms with van der Waals surface area (Å²) < 4.78 is 0. The molecule has 1 aromatic heterocycles. The molecule has 0 aliphatic heterocycles. The molecule has 7 heteroatoms. The monoisotopic (exact) mass is 375 g/mol. The Bertz CT molecular complexity index is 617. The first-order chi connectivity index (χ1) is 10.1. The largest absolute Gasteiger partial charge is 0.320 e. The second-order valence-electron chi connectivity index (χ2n) is 5.12. The van der Waals surface area contributed by atoms with Gasteiger partial charge >= 0.3 is 0 Å². The third-order valence-electron chi connectivity index (χ3n) is 3.08. The molecule has 0 saturated heterocycles. The highest BCUT2D eigenvalue weighted by Gasteiger charge is 2.13. The predicted octanol–water partition coefficient (Wildman–Crippen LogP) is 4.47. The predicted molar refractivity (Wildman–Crippen MR) is 102 cm³/mol. The lowest BCUT2D eigenvalue weighted by Crippen LogP contribution is -2.17. The maximum absolute atomic E-state index is 12.3. The van der Waals surface area contributed by atoms with Crippen LogP contribution in [0.4, 0.5) is 5.69 Å². The summed E-state index contributed by atoms with van der Waals surface area (Å²) in [5.74, 6) is 0.194. The summed E-state index contributed by atoms with van der Waals surface area (Å²) in [6.07, 6.45) is 0. The van der Waals surface area contributed by atoms with Gasteiger partial charge in [0, 0.05) is 23.5 Å². The van der Waals surface area contributed by atoms with E-state index in [1.165, 1.54) is 11.3 Å². The van der Waals surface area contributed by atoms with E-state index in [1.54, 1.807) is 0 Å². The fraction of sp³-hybridized carbons (Fsp3) is 0.375. The molecule has 2 aromatic rings. The first kappa shape index (κ1) is 21.9. The molecule has 2 rings (SSSR count). The summed E-state index contributed by atoms with van der Waals surface area (Å²) in [7, 11) is 0. The number of hydrogen-bond donors (Lipinski definition) is 2. The van der Waals surface area contributed by atoms with Crippen LogP contribution in [0.25, 0.3) is 0 Å². The molecule has 2 N–H and O–H groups in total. The van der Waals surface area contributed by atoms with Gasteiger partial charge < -0.3 is 10.6 Å². The number of hydrogen-bond acceptors (Lipinski definition) is 4. The number of thiazole rings is 1. The first-order valence-corrected chi connectivity index (χ1v) is 8.05. The van der Waals surface area contributed by atoms with E-state index in [4.69, 9.17) is 0 Å². The lowest BCUT2D eigenvalue weighted by atomic mass is 10.1. The number of halogens is 2. The Hall–Kier alpha value is -1.14. The lowest BCUT2D eigenvalue weighted by molar-refractivity contribution is 0.102. The molecule has 1 amide bonds. The summed E-state index contributed by atoms with van der Waals surface area (Å²) in [4.78, 5) is 16.7. The van der Waals surface area contributed by atoms with Crippen molar-refractivity contribution in [3.8, 4) is 0 Å². The van der Waals surface area contributed by atoms with E-state index in [0.717, 1.165) is 29.3 Å². The van der Waals surface area contributed by atoms with Crippen LogP contribution in [0.5, 0.6) is 0 Å². The highest BCUT2D eigenvalue weighted by atomic mass is 35.5. The zero-order valence-electron chi connectivity index (χ0n) is 13.5. The maximum Gasteiger partial charge on any atom is 0.275 e. The normalized spacial score (nSPS) is 9.91. The van der Waals surface area contributed by atoms with Gasteiger partial charge in [0.2, 0.25) is 0 Å². The Balaban J connectivity index is 0.00000242. The van der Waals surface area contributed by atoms with Gasteiger partial charge in [-0.2, -0.15) is 0 Å². The Morgan fingerprint density at radius 1 is 1.26 bits per heavy atom. The molecule has 0 aliphatic carbocycles. The van der Waals surface area contributed by atoms with Crippen LogP contribution in [0.2, 0.25) is 0 Å². The molecule has 0 radical (unpaired) electrons. The van der Waals surface area contributed by atoms with Crippen molar-refractivity contribution in [2.45, 2.75) is 33.2 Å². The lowest BCUT2D eigenvalue weighted by Gasteiger charge is -2.10. The van der Waals surface area contributed by atoms with E-state index < -0.39 is 0 Å². The molecule has 0 saturated carbocycles. The first-order valence-electron chi connectivity index (χ1n) is 7.17. The van der Waals surface area contributed by atoms with Crippen LogP contribution < -0.4 is 10.6 Å². The van der Waals surface area contributed by atoms with Crippen LogP contribution in [-0.4, -0.2) is 17.4 Å². The number of amides is 1. The van der Waals surface area contributed by atoms with Crippen molar-refractivity contribution in [3.63, 3.8) is 0 Å². The highest BCUT2D eigenvalue weighted by molar-refractivity contribution is 7.09. The fourth-order valence-corrected chi connectivity index (χ4v) is 2.71. The number of nitrogens with one attached hydrogen (secondary N) is 2. The zero-order chi connectivity index (χ0) is 15.2. The van der Waals surface area contributed by atoms with Crippen LogP contribution in [0.1, 0.15) is 47.7 Å². The molecule has 1 heterocycles. The Morgan fingerprint density at radius 2 is 1.96 bits per heavy atom. The van der Waals surface area contributed by atoms with Gasteiger partial charge in [-0.1, -0.05) is 39.0 Å². The van der Waals surface area contributed by atoms with Crippen molar-refractivity contribution in [2.24, 2.45) is 0 Å². The Labute approximate surface area is 153 Å². The molecule has 0 bridgehead atoms. The van der Waals surface area contributed by atoms with Crippen LogP contribution >= 0.6 is 36.2 Å². The standard InChI is InChI=1S/C16H21N3OS.2ClH/c1-4-17-9-12-7-5-6-8-13(12)18-15(20)14-10-21-16(19-14)11(2)3;;/h5-8,10-11,17H,4,9H2,1-3H3,(H,18,20);2*1H. The zero-order valence-corrected chi connectivity index (χ0v) is 15.9. The van der Waals surface area contributed by atoms with E-state index in [-0.39, 0.29) is 30.7 Å². The van der Waals surface area contributed by atoms with Gasteiger partial charge in [-0.25, -0.2) is 4.98 Å². The van der Waals surface area contributed by atoms with Gasteiger partial charge in [-0.15, -0.1) is 36.2 Å². The van der Waals surface area contributed by atoms with E-state index in [2.05, 4.69) is 36.4 Å². The summed E-state index contributed by atoms with van der Waals surface area (Å²) in [6, 6.07) is 7.83. The average molecular weight is 376 g/mol. The SMILES string of the molecule is CCNCc1ccccc1NC(=O)c1csc(C(C)C)n1.Cl.Cl. The number of aromatic nitrogens is 1. The maximum atomic E-state index is 12.3. The number of anilines is 1. The number of rotatable bonds is 6. The van der Waals surface area contributed by atoms with Gasteiger partial charge in [0.05, 0.1) is 5.01 Å². The van der Waals surface area contributed by atoms with E-state index in [1.807, 2.05) is 29.6 Å². The van der Waals surface area contributed by atoms with E-state index in [0.29, 0.717) is 11.6 Å². The quantitative estimate of drug-likeness (QED) is 0.782. The van der Waals surface area contributed by atoms with Crippen molar-refractivity contribution in [1.29, 1.82) is 0 Å². The van der Waals surface area contributed by atoms with Crippen LogP contribution in [0.15, 0.2) is 29.6 Å². The molecule has 0 fully saturated rings. The Morgan fingerprint density at radius 3 is 2.57 bits per heavy atom. The van der Waals surface area contributed by atoms with Gasteiger partial charge in [0.1, 0.15) is 5.69 Å². The third kappa shape index (κ3) is 6.11. The summed E-state index contributed by atoms with van der Waals surface area (Å²) >= 11 is 1.53. The van der Waals surface area contributed by atoms with Crippen LogP contribution in [-0.2, 0) is 6.54 Å². The molecular weight excluding hydrogens is 353 g/mol. The van der Waals surface area contributed by atoms with Gasteiger partial charge in [0.15, 0.2) is 0 Å². The van der Waals surface area contributed by atoms with Gasteiger partial charge in [-0.3, -0.25) is 4.79 Å². The molecule has 0 unspecified atom stereocenters. The number of carbonyl (C=O) groups excluding carboxylic acids is 1. The molecule has 4 nitrogen and oxygen atoms in total. The number of carbonyl (C=O) groups is 1. The average Bonchev–Trinajstić information content (AvgIpc) is 2.96. The van der Waals surface area contributed by atoms with Gasteiger partial charge in [-0.05, 0) is 18.2 Å². The molecule has 23 heavy (non-hydrogen) atoms. The number of para-hydroxylation sites is 1. The van der Waals surface area contributed by atoms with Crippen LogP contribution in [0.3, 0.4) is 0 Å². The topological polar surface area (TPSA) is 54.0 Å². The van der Waals surface area contributed by atoms with Crippen molar-refractivity contribution >= 4 is 47.7 Å². The highest BCUT2D eigenvalue weighted by Crippen LogP contribution is 2.21. The number of benzene rings is 1. The minimum absolute atomic E-state index is 0. The Kier molecular flexibility index (Phi) is 10.1. The summed E-state index contributed by atoms with van der Waals surface area (Å²) in [5, 5.41) is 9.03. The molecular formula is C16H23Cl2N3OS. The summed E-state index contributed by atoms with van der Waals surface area (Å²) in [5.41, 5.74) is 2.40. The smallest absolute Gasteiger partial charge is 0.275 e. The van der Waals surface area contributed by atoms with Crippen molar-refractivity contribution < 1.29 is 4.79 Å². The van der Waals surface area contributed by atoms with Crippen LogP contribution in [0, 0.1) is 0 Å². The van der Waals surface area contributed by atoms with E-state index in [9.17, 15) is 4.79 Å². The molecule has 128 valence electrons. The fourth-order valence-electron chi connectivity index (χ4n) is 1.90. The molecule has 1 aromatic carbocycles. The number of nitrogens with zero attached hydrogens (tertiary/aromatic N) is 1.